The number of carbonyl (C=O) groups excluding carboxylic acids is 4. The van der Waals surface area contributed by atoms with Crippen molar-refractivity contribution in [1.29, 1.82) is 10.5 Å². The number of fused-ring (bicyclic) bond motifs is 1. The van der Waals surface area contributed by atoms with E-state index in [4.69, 9.17) is 30.8 Å². The number of nitrogens with zero attached hydrogens (tertiary/aromatic N) is 7. The SMILES string of the molecule is CC(=O)c1nc(-c2ccc(CC(CCO)NC(=O)c3ccc(OC(C)CF)c(C#N)c3)cc2)cn1C.CC(C)Oc1ccc(C(=O)NC(CCO)Cc2c(F)c(F)c(-c3cn(C)c(C(C)(C)C)n3)c(F)c2F)cc1C#N.CC1=CC=CC2NC(c3ccc(CC(CCO)NC(=O)c4ccc(OC(C)C)c(Cl)c4)cc3)=NC12. The van der Waals surface area contributed by atoms with Crippen LogP contribution < -0.4 is 35.5 Å². The number of rotatable bonds is 29. The largest absolute Gasteiger partial charge is 0.490 e. The van der Waals surface area contributed by atoms with Crippen molar-refractivity contribution >= 4 is 40.9 Å². The number of imidazole rings is 2. The smallest absolute Gasteiger partial charge is 0.251 e. The number of benzene rings is 6. The first-order valence-electron chi connectivity index (χ1n) is 36.3. The van der Waals surface area contributed by atoms with E-state index in [1.807, 2.05) is 95.3 Å². The van der Waals surface area contributed by atoms with Crippen molar-refractivity contribution in [2.75, 3.05) is 26.5 Å². The van der Waals surface area contributed by atoms with Crippen LogP contribution in [0.3, 0.4) is 0 Å². The van der Waals surface area contributed by atoms with Gasteiger partial charge in [0.2, 0.25) is 0 Å². The first kappa shape index (κ1) is 85.6. The summed E-state index contributed by atoms with van der Waals surface area (Å²) in [7, 11) is 3.38. The number of hydrogen-bond acceptors (Lipinski definition) is 16. The number of ketones is 1. The Morgan fingerprint density at radius 1 is 0.622 bits per heavy atom. The second-order valence-electron chi connectivity index (χ2n) is 28.7. The van der Waals surface area contributed by atoms with Gasteiger partial charge < -0.3 is 59.9 Å². The van der Waals surface area contributed by atoms with Crippen molar-refractivity contribution in [3.05, 3.63) is 229 Å². The molecule has 3 heterocycles. The van der Waals surface area contributed by atoms with Crippen molar-refractivity contribution in [2.24, 2.45) is 19.1 Å². The molecule has 21 nitrogen and oxygen atoms in total. The van der Waals surface area contributed by atoms with E-state index in [0.29, 0.717) is 59.4 Å². The molecule has 0 fully saturated rings. The van der Waals surface area contributed by atoms with Crippen molar-refractivity contribution < 1.29 is 70.7 Å². The molecule has 0 radical (unpaired) electrons. The number of aliphatic hydroxyl groups is 3. The lowest BCUT2D eigenvalue weighted by molar-refractivity contribution is 0.0920. The van der Waals surface area contributed by atoms with Crippen LogP contribution >= 0.6 is 11.6 Å². The molecule has 27 heteroatoms. The molecule has 6 aromatic carbocycles. The van der Waals surface area contributed by atoms with Gasteiger partial charge in [-0.25, -0.2) is 31.9 Å². The first-order valence-corrected chi connectivity index (χ1v) is 36.7. The van der Waals surface area contributed by atoms with Crippen LogP contribution in [0.5, 0.6) is 17.2 Å². The zero-order valence-electron chi connectivity index (χ0n) is 64.0. The molecule has 2 aromatic heterocycles. The lowest BCUT2D eigenvalue weighted by Gasteiger charge is -2.20. The second-order valence-corrected chi connectivity index (χ2v) is 29.1. The van der Waals surface area contributed by atoms with Crippen LogP contribution in [0.15, 0.2) is 144 Å². The number of amidine groups is 1. The van der Waals surface area contributed by atoms with Gasteiger partial charge in [0.25, 0.3) is 17.7 Å². The van der Waals surface area contributed by atoms with Crippen molar-refractivity contribution in [1.82, 2.24) is 40.4 Å². The number of alkyl halides is 1. The normalized spacial score (nSPS) is 14.6. The number of ether oxygens (including phenoxy) is 3. The Morgan fingerprint density at radius 2 is 1.08 bits per heavy atom. The van der Waals surface area contributed by atoms with E-state index in [1.54, 1.807) is 63.8 Å². The Hall–Kier alpha value is -11.0. The predicted molar refractivity (Wildman–Crippen MR) is 414 cm³/mol. The van der Waals surface area contributed by atoms with Gasteiger partial charge in [-0.1, -0.05) is 99.1 Å². The average Bonchev–Trinajstić information content (AvgIpc) is 1.71. The van der Waals surface area contributed by atoms with Crippen molar-refractivity contribution in [3.63, 3.8) is 0 Å². The monoisotopic (exact) mass is 1550 g/mol. The number of nitrogens with one attached hydrogen (secondary N) is 4. The number of hydrogen-bond donors (Lipinski definition) is 7. The Balaban J connectivity index is 0.000000210. The quantitative estimate of drug-likeness (QED) is 0.0130. The highest BCUT2D eigenvalue weighted by Gasteiger charge is 2.33. The fourth-order valence-electron chi connectivity index (χ4n) is 12.5. The highest BCUT2D eigenvalue weighted by molar-refractivity contribution is 6.32. The highest BCUT2D eigenvalue weighted by Crippen LogP contribution is 2.35. The maximum absolute atomic E-state index is 15.2. The third-order valence-corrected chi connectivity index (χ3v) is 18.2. The van der Waals surface area contributed by atoms with Gasteiger partial charge in [0.15, 0.2) is 34.9 Å². The lowest BCUT2D eigenvalue weighted by atomic mass is 9.96. The molecule has 586 valence electrons. The molecule has 6 atom stereocenters. The number of carbonyl (C=O) groups is 4. The van der Waals surface area contributed by atoms with E-state index in [0.717, 1.165) is 28.1 Å². The van der Waals surface area contributed by atoms with Crippen LogP contribution in [0, 0.1) is 45.9 Å². The summed E-state index contributed by atoms with van der Waals surface area (Å²) in [6.45, 7) is 16.7. The van der Waals surface area contributed by atoms with Gasteiger partial charge in [-0.15, -0.1) is 0 Å². The molecule has 111 heavy (non-hydrogen) atoms. The molecule has 6 unspecified atom stereocenters. The van der Waals surface area contributed by atoms with Crippen LogP contribution in [0.1, 0.15) is 169 Å². The Bertz CT molecular complexity index is 4800. The zero-order valence-corrected chi connectivity index (χ0v) is 64.7. The summed E-state index contributed by atoms with van der Waals surface area (Å²) >= 11 is 6.30. The van der Waals surface area contributed by atoms with Crippen molar-refractivity contribution in [2.45, 2.75) is 162 Å². The van der Waals surface area contributed by atoms with Gasteiger partial charge in [0.1, 0.15) is 53.8 Å². The molecule has 8 aromatic rings. The van der Waals surface area contributed by atoms with Crippen molar-refractivity contribution in [3.8, 4) is 51.9 Å². The topological polar surface area (TPSA) is 300 Å². The summed E-state index contributed by atoms with van der Waals surface area (Å²) in [5.41, 5.74) is 4.25. The Kier molecular flexibility index (Phi) is 30.1. The molecular weight excluding hydrogens is 1450 g/mol. The van der Waals surface area contributed by atoms with Crippen LogP contribution in [0.25, 0.3) is 22.5 Å². The predicted octanol–water partition coefficient (Wildman–Crippen LogP) is 13.4. The number of Topliss-reactive ketones (excluding diaryl/α,β-unsaturated/α-hetero) is 1. The molecule has 0 spiro atoms. The standard InChI is InChI=1S/C29H32F4N4O3.C28H32ClN3O3.C27H29FN4O4/c1-15(2)40-21-8-7-16(11-17(21)13-34)27(39)35-18(9-10-38)12-19-23(30)25(32)22(26(33)24(19)31)20-14-37(6)28(36-20)29(3,4)5;1-17(2)35-25-12-11-21(16-23(25)29)28(34)30-22(13-14-33)15-19-7-9-20(10-8-19)27-31-24-6-4-5-18(3)26(24)32-27;1-17(14-28)36-25-9-8-21(13-22(25)15-29)27(35)30-23(10-11-33)12-19-4-6-20(7-5-19)24-16-32(3)26(31-24)18(2)34/h7-8,11,14-15,18,38H,9-10,12H2,1-6H3,(H,35,39);4-12,16-17,22,24,26,33H,13-15H2,1-3H3,(H,30,34)(H,31,32);4-9,13,16-17,23,33H,10-12,14H2,1-3H3,(H,30,35). The summed E-state index contributed by atoms with van der Waals surface area (Å²) in [6.07, 6.45) is 9.55. The fraction of sp³-hybridized carbons (Fsp3) is 0.369. The number of nitriles is 2. The molecule has 0 saturated carbocycles. The van der Waals surface area contributed by atoms with E-state index in [1.165, 1.54) is 59.7 Å². The molecule has 0 bridgehead atoms. The molecule has 1 aliphatic carbocycles. The summed E-state index contributed by atoms with van der Waals surface area (Å²) in [5.74, 6) is -5.12. The Labute approximate surface area is 647 Å². The molecule has 1 aliphatic heterocycles. The number of aryl methyl sites for hydroxylation is 2. The van der Waals surface area contributed by atoms with Gasteiger partial charge >= 0.3 is 0 Å². The molecule has 2 aliphatic rings. The maximum Gasteiger partial charge on any atom is 0.251 e. The van der Waals surface area contributed by atoms with Gasteiger partial charge in [-0.3, -0.25) is 24.2 Å². The second kappa shape index (κ2) is 39.0. The molecule has 0 saturated heterocycles. The third-order valence-electron chi connectivity index (χ3n) is 17.9. The number of aliphatic imine (C=N–C) groups is 1. The summed E-state index contributed by atoms with van der Waals surface area (Å²) < 4.78 is 93.3. The lowest BCUT2D eigenvalue weighted by Crippen LogP contribution is -2.37. The van der Waals surface area contributed by atoms with Crippen LogP contribution in [0.2, 0.25) is 5.02 Å². The molecule has 10 rings (SSSR count). The Morgan fingerprint density at radius 3 is 1.51 bits per heavy atom. The summed E-state index contributed by atoms with van der Waals surface area (Å²) in [4.78, 5) is 63.7. The fourth-order valence-corrected chi connectivity index (χ4v) is 12.7. The van der Waals surface area contributed by atoms with E-state index in [9.17, 15) is 49.4 Å². The van der Waals surface area contributed by atoms with Crippen LogP contribution in [-0.2, 0) is 38.8 Å². The van der Waals surface area contributed by atoms with Gasteiger partial charge in [-0.2, -0.15) is 10.5 Å². The van der Waals surface area contributed by atoms with E-state index >= 15 is 17.6 Å². The minimum atomic E-state index is -1.61. The van der Waals surface area contributed by atoms with Gasteiger partial charge in [-0.05, 0) is 151 Å². The van der Waals surface area contributed by atoms with Crippen LogP contribution in [0.4, 0.5) is 22.0 Å². The van der Waals surface area contributed by atoms with Gasteiger partial charge in [0.05, 0.1) is 57.4 Å². The number of halogens is 6. The van der Waals surface area contributed by atoms with Gasteiger partial charge in [0, 0.05) is 110 Å². The molecule has 3 amide bonds. The first-order chi connectivity index (χ1) is 52.8. The number of allylic oxidation sites excluding steroid dienone is 2. The number of aromatic nitrogens is 4. The number of amides is 3. The average molecular weight is 1550 g/mol. The molecular formula is C84H93ClF5N11O10. The maximum atomic E-state index is 15.2. The number of aliphatic hydroxyl groups excluding tert-OH is 3. The van der Waals surface area contributed by atoms with E-state index < -0.39 is 83.5 Å². The third kappa shape index (κ3) is 22.6. The summed E-state index contributed by atoms with van der Waals surface area (Å²) in [6, 6.07) is 32.0. The van der Waals surface area contributed by atoms with E-state index in [-0.39, 0.29) is 107 Å². The van der Waals surface area contributed by atoms with E-state index in [2.05, 4.69) is 56.4 Å². The summed E-state index contributed by atoms with van der Waals surface area (Å²) in [5, 5.41) is 59.7. The molecule has 7 N–H and O–H groups in total. The van der Waals surface area contributed by atoms with Crippen LogP contribution in [-0.4, -0.2) is 139 Å². The minimum Gasteiger partial charge on any atom is -0.490 e. The zero-order chi connectivity index (χ0) is 81.1. The highest BCUT2D eigenvalue weighted by atomic mass is 35.5. The minimum absolute atomic E-state index is 0.00838.